The van der Waals surface area contributed by atoms with Gasteiger partial charge in [-0.1, -0.05) is 12.1 Å². The molecule has 0 radical (unpaired) electrons. The SMILES string of the molecule is NC1=CC(N)(c2cccc(OC(F)(F)F)c2)C(N)C(OC(F)(F)F)=C1N. The zero-order valence-electron chi connectivity index (χ0n) is 12.9. The van der Waals surface area contributed by atoms with Crippen LogP contribution >= 0.6 is 0 Å². The summed E-state index contributed by atoms with van der Waals surface area (Å²) in [7, 11) is 0. The Balaban J connectivity index is 2.48. The second kappa shape index (κ2) is 6.29. The van der Waals surface area contributed by atoms with Crippen LogP contribution in [-0.2, 0) is 10.3 Å². The average Bonchev–Trinajstić information content (AvgIpc) is 2.47. The van der Waals surface area contributed by atoms with Crippen LogP contribution in [0.15, 0.2) is 47.5 Å². The lowest BCUT2D eigenvalue weighted by atomic mass is 9.78. The van der Waals surface area contributed by atoms with Gasteiger partial charge in [-0.25, -0.2) is 0 Å². The zero-order chi connectivity index (χ0) is 19.9. The summed E-state index contributed by atoms with van der Waals surface area (Å²) in [6.45, 7) is 0. The minimum absolute atomic E-state index is 0.0922. The minimum atomic E-state index is -5.13. The van der Waals surface area contributed by atoms with Crippen LogP contribution in [0.2, 0.25) is 0 Å². The summed E-state index contributed by atoms with van der Waals surface area (Å²) in [5.41, 5.74) is 20.0. The van der Waals surface area contributed by atoms with Crippen LogP contribution in [0.5, 0.6) is 5.75 Å². The molecule has 1 aromatic carbocycles. The molecule has 0 heterocycles. The Hall–Kier alpha value is -2.60. The van der Waals surface area contributed by atoms with Gasteiger partial charge in [0, 0.05) is 0 Å². The summed E-state index contributed by atoms with van der Waals surface area (Å²) in [5.74, 6) is -1.58. The fraction of sp³-hybridized carbons (Fsp3) is 0.286. The molecule has 0 saturated heterocycles. The maximum Gasteiger partial charge on any atom is 0.573 e. The molecule has 0 aromatic heterocycles. The first kappa shape index (κ1) is 19.7. The van der Waals surface area contributed by atoms with Crippen molar-refractivity contribution in [3.63, 3.8) is 0 Å². The highest BCUT2D eigenvalue weighted by Gasteiger charge is 2.45. The molecular formula is C14H14F6N4O2. The van der Waals surface area contributed by atoms with Gasteiger partial charge in [-0.15, -0.1) is 26.3 Å². The molecular weight excluding hydrogens is 370 g/mol. The maximum atomic E-state index is 12.6. The van der Waals surface area contributed by atoms with E-state index in [0.717, 1.165) is 24.3 Å². The van der Waals surface area contributed by atoms with E-state index in [0.29, 0.717) is 0 Å². The number of hydrogen-bond donors (Lipinski definition) is 4. The highest BCUT2D eigenvalue weighted by atomic mass is 19.4. The Morgan fingerprint density at radius 2 is 1.54 bits per heavy atom. The molecule has 2 unspecified atom stereocenters. The van der Waals surface area contributed by atoms with E-state index in [-0.39, 0.29) is 11.3 Å². The monoisotopic (exact) mass is 384 g/mol. The molecule has 1 aromatic rings. The molecule has 1 aliphatic carbocycles. The van der Waals surface area contributed by atoms with E-state index < -0.39 is 41.5 Å². The first-order valence-electron chi connectivity index (χ1n) is 6.88. The third-order valence-corrected chi connectivity index (χ3v) is 3.56. The lowest BCUT2D eigenvalue weighted by Crippen LogP contribution is -2.56. The van der Waals surface area contributed by atoms with Crippen molar-refractivity contribution in [3.8, 4) is 5.75 Å². The largest absolute Gasteiger partial charge is 0.573 e. The molecule has 2 rings (SSSR count). The van der Waals surface area contributed by atoms with Gasteiger partial charge in [0.2, 0.25) is 0 Å². The van der Waals surface area contributed by atoms with Crippen molar-refractivity contribution in [1.29, 1.82) is 0 Å². The molecule has 12 heteroatoms. The van der Waals surface area contributed by atoms with Crippen LogP contribution in [0, 0.1) is 0 Å². The summed E-state index contributed by atoms with van der Waals surface area (Å²) in [5, 5.41) is 0. The molecule has 8 N–H and O–H groups in total. The fourth-order valence-electron chi connectivity index (χ4n) is 2.42. The van der Waals surface area contributed by atoms with Crippen LogP contribution in [0.3, 0.4) is 0 Å². The number of halogens is 6. The van der Waals surface area contributed by atoms with Crippen molar-refractivity contribution in [2.24, 2.45) is 22.9 Å². The Bertz CT molecular complexity index is 759. The van der Waals surface area contributed by atoms with Gasteiger partial charge >= 0.3 is 12.7 Å². The van der Waals surface area contributed by atoms with E-state index in [1.165, 1.54) is 6.07 Å². The van der Waals surface area contributed by atoms with Gasteiger partial charge in [-0.3, -0.25) is 0 Å². The number of hydrogen-bond acceptors (Lipinski definition) is 6. The number of nitrogens with two attached hydrogens (primary N) is 4. The summed E-state index contributed by atoms with van der Waals surface area (Å²) in [6.07, 6.45) is -9.06. The third-order valence-electron chi connectivity index (χ3n) is 3.56. The zero-order valence-corrected chi connectivity index (χ0v) is 12.9. The van der Waals surface area contributed by atoms with Crippen LogP contribution in [0.25, 0.3) is 0 Å². The van der Waals surface area contributed by atoms with Gasteiger partial charge in [0.15, 0.2) is 5.76 Å². The van der Waals surface area contributed by atoms with Gasteiger partial charge in [0.05, 0.1) is 23.0 Å². The molecule has 0 spiro atoms. The highest BCUT2D eigenvalue weighted by Crippen LogP contribution is 2.37. The topological polar surface area (TPSA) is 123 Å². The second-order valence-corrected chi connectivity index (χ2v) is 5.41. The predicted octanol–water partition coefficient (Wildman–Crippen LogP) is 1.63. The smallest absolute Gasteiger partial charge is 0.406 e. The first-order valence-corrected chi connectivity index (χ1v) is 6.88. The van der Waals surface area contributed by atoms with Crippen LogP contribution in [0.4, 0.5) is 26.3 Å². The molecule has 26 heavy (non-hydrogen) atoms. The average molecular weight is 384 g/mol. The van der Waals surface area contributed by atoms with E-state index in [2.05, 4.69) is 9.47 Å². The number of rotatable bonds is 3. The van der Waals surface area contributed by atoms with Crippen molar-refractivity contribution in [1.82, 2.24) is 0 Å². The molecule has 6 nitrogen and oxygen atoms in total. The van der Waals surface area contributed by atoms with Crippen molar-refractivity contribution in [3.05, 3.63) is 53.1 Å². The molecule has 0 fully saturated rings. The summed E-state index contributed by atoms with van der Waals surface area (Å²) in [4.78, 5) is 0. The van der Waals surface area contributed by atoms with Crippen LogP contribution in [0.1, 0.15) is 5.56 Å². The Morgan fingerprint density at radius 3 is 2.08 bits per heavy atom. The van der Waals surface area contributed by atoms with E-state index in [9.17, 15) is 26.3 Å². The molecule has 1 aliphatic rings. The Labute approximate surface area is 143 Å². The lowest BCUT2D eigenvalue weighted by Gasteiger charge is -2.38. The highest BCUT2D eigenvalue weighted by molar-refractivity contribution is 5.48. The number of benzene rings is 1. The van der Waals surface area contributed by atoms with E-state index in [1.54, 1.807) is 0 Å². The van der Waals surface area contributed by atoms with Gasteiger partial charge in [-0.05, 0) is 23.8 Å². The predicted molar refractivity (Wildman–Crippen MR) is 77.6 cm³/mol. The molecule has 0 amide bonds. The van der Waals surface area contributed by atoms with Crippen LogP contribution in [-0.4, -0.2) is 18.8 Å². The Kier molecular flexibility index (Phi) is 4.77. The first-order chi connectivity index (χ1) is 11.7. The third kappa shape index (κ3) is 4.14. The van der Waals surface area contributed by atoms with Crippen LogP contribution < -0.4 is 27.7 Å². The van der Waals surface area contributed by atoms with E-state index in [1.807, 2.05) is 0 Å². The fourth-order valence-corrected chi connectivity index (χ4v) is 2.42. The molecule has 0 saturated carbocycles. The molecule has 0 aliphatic heterocycles. The Morgan fingerprint density at radius 1 is 0.962 bits per heavy atom. The van der Waals surface area contributed by atoms with Crippen molar-refractivity contribution in [2.45, 2.75) is 24.3 Å². The minimum Gasteiger partial charge on any atom is -0.406 e. The van der Waals surface area contributed by atoms with Gasteiger partial charge in [0.1, 0.15) is 5.75 Å². The number of alkyl halides is 6. The van der Waals surface area contributed by atoms with E-state index >= 15 is 0 Å². The second-order valence-electron chi connectivity index (χ2n) is 5.41. The number of ether oxygens (including phenoxy) is 2. The molecule has 2 atom stereocenters. The summed E-state index contributed by atoms with van der Waals surface area (Å²) >= 11 is 0. The van der Waals surface area contributed by atoms with Crippen molar-refractivity contribution >= 4 is 0 Å². The van der Waals surface area contributed by atoms with Gasteiger partial charge < -0.3 is 32.4 Å². The van der Waals surface area contributed by atoms with Gasteiger partial charge in [0.25, 0.3) is 0 Å². The van der Waals surface area contributed by atoms with Gasteiger partial charge in [-0.2, -0.15) is 0 Å². The summed E-state index contributed by atoms with van der Waals surface area (Å²) < 4.78 is 82.5. The van der Waals surface area contributed by atoms with E-state index in [4.69, 9.17) is 22.9 Å². The van der Waals surface area contributed by atoms with Crippen molar-refractivity contribution in [2.75, 3.05) is 0 Å². The lowest BCUT2D eigenvalue weighted by molar-refractivity contribution is -0.308. The maximum absolute atomic E-state index is 12.6. The quantitative estimate of drug-likeness (QED) is 0.588. The standard InChI is InChI=1S/C14H14F6N4O2/c15-13(16,17)25-7-3-1-2-6(4-7)12(24)5-8(21)9(22)10(11(12)23)26-14(18,19)20/h1-5,11H,21-24H2. The molecule has 144 valence electrons. The summed E-state index contributed by atoms with van der Waals surface area (Å²) in [6, 6.07) is 2.59. The normalized spacial score (nSPS) is 24.3. The van der Waals surface area contributed by atoms with Crippen molar-refractivity contribution < 1.29 is 35.8 Å². The molecule has 0 bridgehead atoms.